The molecule has 1 aromatic heterocycles. The highest BCUT2D eigenvalue weighted by atomic mass is 16.2. The van der Waals surface area contributed by atoms with Gasteiger partial charge in [0, 0.05) is 17.7 Å². The smallest absolute Gasteiger partial charge is 0.0662 e. The lowest BCUT2D eigenvalue weighted by Gasteiger charge is -2.04. The van der Waals surface area contributed by atoms with Gasteiger partial charge in [-0.3, -0.25) is 4.68 Å². The molecule has 0 saturated carbocycles. The first-order chi connectivity index (χ1) is 9.19. The zero-order valence-electron chi connectivity index (χ0n) is 11.3. The highest BCUT2D eigenvalue weighted by molar-refractivity contribution is 5.36. The Morgan fingerprint density at radius 2 is 1.95 bits per heavy atom. The first-order valence-electron chi connectivity index (χ1n) is 6.39. The number of hydrogen-bond donors (Lipinski definition) is 1. The SMILES string of the molecule is Cc1cc(C)n(Cc2ccc(C#CCCO)cc2)n1. The Kier molecular flexibility index (Phi) is 4.38. The lowest BCUT2D eigenvalue weighted by molar-refractivity contribution is 0.305. The Morgan fingerprint density at radius 3 is 2.53 bits per heavy atom. The van der Waals surface area contributed by atoms with Crippen LogP contribution in [0.5, 0.6) is 0 Å². The third-order valence-corrected chi connectivity index (χ3v) is 2.86. The van der Waals surface area contributed by atoms with Crippen LogP contribution in [0.25, 0.3) is 0 Å². The first kappa shape index (κ1) is 13.4. The van der Waals surface area contributed by atoms with E-state index in [4.69, 9.17) is 5.11 Å². The summed E-state index contributed by atoms with van der Waals surface area (Å²) < 4.78 is 2.00. The fourth-order valence-electron chi connectivity index (χ4n) is 1.92. The van der Waals surface area contributed by atoms with E-state index in [1.807, 2.05) is 23.7 Å². The van der Waals surface area contributed by atoms with Crippen LogP contribution < -0.4 is 0 Å². The Labute approximate surface area is 113 Å². The fraction of sp³-hybridized carbons (Fsp3) is 0.312. The monoisotopic (exact) mass is 254 g/mol. The standard InChI is InChI=1S/C16H18N2O/c1-13-11-14(2)18(17-13)12-16-8-6-15(7-9-16)5-3-4-10-19/h6-9,11,19H,4,10,12H2,1-2H3. The lowest BCUT2D eigenvalue weighted by Crippen LogP contribution is -2.03. The van der Waals surface area contributed by atoms with Gasteiger partial charge in [-0.2, -0.15) is 5.10 Å². The minimum Gasteiger partial charge on any atom is -0.395 e. The Balaban J connectivity index is 2.07. The van der Waals surface area contributed by atoms with Gasteiger partial charge < -0.3 is 5.11 Å². The van der Waals surface area contributed by atoms with Crippen LogP contribution in [-0.4, -0.2) is 21.5 Å². The molecule has 0 aliphatic rings. The van der Waals surface area contributed by atoms with E-state index < -0.39 is 0 Å². The van der Waals surface area contributed by atoms with Crippen molar-refractivity contribution in [1.82, 2.24) is 9.78 Å². The maximum Gasteiger partial charge on any atom is 0.0662 e. The minimum atomic E-state index is 0.114. The van der Waals surface area contributed by atoms with E-state index in [2.05, 4.69) is 42.1 Å². The molecular formula is C16H18N2O. The van der Waals surface area contributed by atoms with E-state index in [-0.39, 0.29) is 6.61 Å². The van der Waals surface area contributed by atoms with Gasteiger partial charge in [0.2, 0.25) is 0 Å². The van der Waals surface area contributed by atoms with Crippen LogP contribution in [0.3, 0.4) is 0 Å². The molecule has 0 fully saturated rings. The third-order valence-electron chi connectivity index (χ3n) is 2.86. The van der Waals surface area contributed by atoms with E-state index in [0.717, 1.165) is 17.8 Å². The minimum absolute atomic E-state index is 0.114. The highest BCUT2D eigenvalue weighted by Crippen LogP contribution is 2.08. The molecule has 1 N–H and O–H groups in total. The number of aromatic nitrogens is 2. The predicted molar refractivity (Wildman–Crippen MR) is 75.8 cm³/mol. The summed E-state index contributed by atoms with van der Waals surface area (Å²) in [6, 6.07) is 10.2. The molecule has 0 aliphatic carbocycles. The molecule has 98 valence electrons. The topological polar surface area (TPSA) is 38.0 Å². The third kappa shape index (κ3) is 3.70. The molecular weight excluding hydrogens is 236 g/mol. The number of hydrogen-bond acceptors (Lipinski definition) is 2. The van der Waals surface area contributed by atoms with Gasteiger partial charge >= 0.3 is 0 Å². The van der Waals surface area contributed by atoms with E-state index in [0.29, 0.717) is 6.42 Å². The van der Waals surface area contributed by atoms with Crippen molar-refractivity contribution in [3.63, 3.8) is 0 Å². The van der Waals surface area contributed by atoms with Gasteiger partial charge in [0.25, 0.3) is 0 Å². The number of aryl methyl sites for hydroxylation is 2. The zero-order valence-corrected chi connectivity index (χ0v) is 11.3. The summed E-state index contributed by atoms with van der Waals surface area (Å²) in [6.07, 6.45) is 0.521. The second-order valence-electron chi connectivity index (χ2n) is 4.56. The number of rotatable bonds is 3. The summed E-state index contributed by atoms with van der Waals surface area (Å²) in [7, 11) is 0. The number of aliphatic hydroxyl groups is 1. The summed E-state index contributed by atoms with van der Waals surface area (Å²) in [6.45, 7) is 4.96. The Bertz CT molecular complexity index is 600. The molecule has 3 heteroatoms. The van der Waals surface area contributed by atoms with Crippen LogP contribution in [0.1, 0.15) is 28.9 Å². The van der Waals surface area contributed by atoms with Gasteiger partial charge in [-0.1, -0.05) is 24.0 Å². The first-order valence-corrected chi connectivity index (χ1v) is 6.39. The molecule has 2 rings (SSSR count). The van der Waals surface area contributed by atoms with Gasteiger partial charge in [-0.05, 0) is 37.6 Å². The van der Waals surface area contributed by atoms with E-state index in [1.54, 1.807) is 0 Å². The quantitative estimate of drug-likeness (QED) is 0.853. The molecule has 0 radical (unpaired) electrons. The second-order valence-corrected chi connectivity index (χ2v) is 4.56. The summed E-state index contributed by atoms with van der Waals surface area (Å²) in [5.41, 5.74) is 4.40. The van der Waals surface area contributed by atoms with Crippen LogP contribution >= 0.6 is 0 Å². The van der Waals surface area contributed by atoms with Gasteiger partial charge in [0.05, 0.1) is 18.8 Å². The van der Waals surface area contributed by atoms with Crippen molar-refractivity contribution < 1.29 is 5.11 Å². The van der Waals surface area contributed by atoms with Gasteiger partial charge in [0.15, 0.2) is 0 Å². The summed E-state index contributed by atoms with van der Waals surface area (Å²) in [4.78, 5) is 0. The molecule has 3 nitrogen and oxygen atoms in total. The Morgan fingerprint density at radius 1 is 1.21 bits per heavy atom. The van der Waals surface area contributed by atoms with Crippen LogP contribution in [0.15, 0.2) is 30.3 Å². The van der Waals surface area contributed by atoms with Gasteiger partial charge in [-0.25, -0.2) is 0 Å². The molecule has 1 heterocycles. The highest BCUT2D eigenvalue weighted by Gasteiger charge is 2.01. The number of nitrogens with zero attached hydrogens (tertiary/aromatic N) is 2. The van der Waals surface area contributed by atoms with Crippen molar-refractivity contribution in [2.45, 2.75) is 26.8 Å². The van der Waals surface area contributed by atoms with Crippen molar-refractivity contribution in [1.29, 1.82) is 0 Å². The van der Waals surface area contributed by atoms with Crippen LogP contribution in [0, 0.1) is 25.7 Å². The number of aliphatic hydroxyl groups excluding tert-OH is 1. The molecule has 0 unspecified atom stereocenters. The lowest BCUT2D eigenvalue weighted by atomic mass is 10.1. The van der Waals surface area contributed by atoms with E-state index in [9.17, 15) is 0 Å². The molecule has 0 atom stereocenters. The van der Waals surface area contributed by atoms with Crippen molar-refractivity contribution in [2.24, 2.45) is 0 Å². The van der Waals surface area contributed by atoms with Crippen LogP contribution in [-0.2, 0) is 6.54 Å². The molecule has 0 amide bonds. The average Bonchev–Trinajstić information content (AvgIpc) is 2.70. The summed E-state index contributed by atoms with van der Waals surface area (Å²) in [5.74, 6) is 5.94. The van der Waals surface area contributed by atoms with Crippen molar-refractivity contribution in [3.05, 3.63) is 52.8 Å². The van der Waals surface area contributed by atoms with Crippen molar-refractivity contribution in [2.75, 3.05) is 6.61 Å². The molecule has 2 aromatic rings. The van der Waals surface area contributed by atoms with E-state index in [1.165, 1.54) is 11.3 Å². The zero-order chi connectivity index (χ0) is 13.7. The summed E-state index contributed by atoms with van der Waals surface area (Å²) >= 11 is 0. The van der Waals surface area contributed by atoms with E-state index >= 15 is 0 Å². The molecule has 19 heavy (non-hydrogen) atoms. The number of benzene rings is 1. The van der Waals surface area contributed by atoms with Crippen molar-refractivity contribution in [3.8, 4) is 11.8 Å². The summed E-state index contributed by atoms with van der Waals surface area (Å²) in [5, 5.41) is 13.1. The van der Waals surface area contributed by atoms with Gasteiger partial charge in [-0.15, -0.1) is 0 Å². The second kappa shape index (κ2) is 6.21. The maximum absolute atomic E-state index is 8.67. The average molecular weight is 254 g/mol. The predicted octanol–water partition coefficient (Wildman–Crippen LogP) is 2.28. The molecule has 0 aliphatic heterocycles. The molecule has 0 saturated heterocycles. The Hall–Kier alpha value is -2.05. The van der Waals surface area contributed by atoms with Crippen molar-refractivity contribution >= 4 is 0 Å². The van der Waals surface area contributed by atoms with Crippen LogP contribution in [0.2, 0.25) is 0 Å². The molecule has 1 aromatic carbocycles. The van der Waals surface area contributed by atoms with Crippen LogP contribution in [0.4, 0.5) is 0 Å². The molecule has 0 bridgehead atoms. The maximum atomic E-state index is 8.67. The normalized spacial score (nSPS) is 10.1. The fourth-order valence-corrected chi connectivity index (χ4v) is 1.92. The largest absolute Gasteiger partial charge is 0.395 e. The molecule has 0 spiro atoms. The van der Waals surface area contributed by atoms with Gasteiger partial charge in [0.1, 0.15) is 0 Å².